The van der Waals surface area contributed by atoms with Crippen molar-refractivity contribution in [1.29, 1.82) is 0 Å². The van der Waals surface area contributed by atoms with Crippen molar-refractivity contribution in [2.45, 2.75) is 12.2 Å². The zero-order chi connectivity index (χ0) is 13.1. The van der Waals surface area contributed by atoms with Gasteiger partial charge in [-0.3, -0.25) is 4.79 Å². The Hall–Kier alpha value is -0.0400. The molecule has 0 radical (unpaired) electrons. The van der Waals surface area contributed by atoms with E-state index in [2.05, 4.69) is 21.2 Å². The van der Waals surface area contributed by atoms with Crippen LogP contribution in [0.15, 0.2) is 16.6 Å². The van der Waals surface area contributed by atoms with E-state index in [1.165, 1.54) is 0 Å². The first kappa shape index (κ1) is 17.0. The van der Waals surface area contributed by atoms with Crippen LogP contribution in [0.5, 0.6) is 0 Å². The first-order valence-corrected chi connectivity index (χ1v) is 8.63. The number of thioether (sulfide) groups is 2. The quantitative estimate of drug-likeness (QED) is 0.767. The number of nitrogens with one attached hydrogen (secondary N) is 1. The summed E-state index contributed by atoms with van der Waals surface area (Å²) < 4.78 is 0.926. The third-order valence-electron chi connectivity index (χ3n) is 2.72. The Labute approximate surface area is 136 Å². The second-order valence-electron chi connectivity index (χ2n) is 4.11. The molecule has 3 N–H and O–H groups in total. The van der Waals surface area contributed by atoms with Crippen LogP contribution in [0.2, 0.25) is 0 Å². The van der Waals surface area contributed by atoms with Gasteiger partial charge < -0.3 is 11.1 Å². The Morgan fingerprint density at radius 2 is 2.21 bits per heavy atom. The summed E-state index contributed by atoms with van der Waals surface area (Å²) in [4.78, 5) is 12.1. The number of nitrogens with two attached hydrogens (primary N) is 1. The highest BCUT2D eigenvalue weighted by atomic mass is 79.9. The maximum absolute atomic E-state index is 12.1. The summed E-state index contributed by atoms with van der Waals surface area (Å²) in [5.41, 5.74) is 8.28. The minimum Gasteiger partial charge on any atom is -0.397 e. The monoisotopic (exact) mass is 382 g/mol. The second kappa shape index (κ2) is 7.67. The van der Waals surface area contributed by atoms with Gasteiger partial charge in [0, 0.05) is 21.7 Å². The number of hydrogen-bond donors (Lipinski definition) is 2. The van der Waals surface area contributed by atoms with Crippen LogP contribution in [0.1, 0.15) is 5.56 Å². The fourth-order valence-corrected chi connectivity index (χ4v) is 4.84. The SMILES string of the molecule is Cc1cc(Br)cc(NC(=O)C2CSCCS2)c1N.Cl. The normalized spacial score (nSPS) is 18.5. The molecule has 1 saturated heterocycles. The predicted molar refractivity (Wildman–Crippen MR) is 92.7 cm³/mol. The summed E-state index contributed by atoms with van der Waals surface area (Å²) in [6.45, 7) is 1.93. The molecule has 1 aliphatic heterocycles. The van der Waals surface area contributed by atoms with Crippen molar-refractivity contribution in [2.24, 2.45) is 0 Å². The van der Waals surface area contributed by atoms with Gasteiger partial charge >= 0.3 is 0 Å². The van der Waals surface area contributed by atoms with Gasteiger partial charge in [0.2, 0.25) is 5.91 Å². The number of carbonyl (C=O) groups is 1. The van der Waals surface area contributed by atoms with Crippen molar-refractivity contribution >= 4 is 69.1 Å². The summed E-state index contributed by atoms with van der Waals surface area (Å²) in [5, 5.41) is 2.96. The molecule has 19 heavy (non-hydrogen) atoms. The van der Waals surface area contributed by atoms with Crippen molar-refractivity contribution < 1.29 is 4.79 Å². The molecule has 106 valence electrons. The zero-order valence-electron chi connectivity index (χ0n) is 10.4. The van der Waals surface area contributed by atoms with Gasteiger partial charge in [-0.15, -0.1) is 24.2 Å². The number of hydrogen-bond acceptors (Lipinski definition) is 4. The fraction of sp³-hybridized carbons (Fsp3) is 0.417. The van der Waals surface area contributed by atoms with Crippen LogP contribution in [0.3, 0.4) is 0 Å². The Balaban J connectivity index is 0.00000180. The number of benzene rings is 1. The average Bonchev–Trinajstić information content (AvgIpc) is 2.36. The summed E-state index contributed by atoms with van der Waals surface area (Å²) in [6.07, 6.45) is 0. The fourth-order valence-electron chi connectivity index (χ4n) is 1.71. The van der Waals surface area contributed by atoms with Crippen LogP contribution < -0.4 is 11.1 Å². The molecule has 1 fully saturated rings. The van der Waals surface area contributed by atoms with E-state index in [9.17, 15) is 4.79 Å². The molecule has 0 spiro atoms. The van der Waals surface area contributed by atoms with Crippen molar-refractivity contribution in [2.75, 3.05) is 28.3 Å². The molecule has 1 atom stereocenters. The second-order valence-corrected chi connectivity index (χ2v) is 7.48. The van der Waals surface area contributed by atoms with Gasteiger partial charge in [0.05, 0.1) is 16.6 Å². The number of rotatable bonds is 2. The van der Waals surface area contributed by atoms with E-state index in [-0.39, 0.29) is 23.6 Å². The maximum atomic E-state index is 12.1. The largest absolute Gasteiger partial charge is 0.397 e. The van der Waals surface area contributed by atoms with Gasteiger partial charge in [-0.2, -0.15) is 11.8 Å². The van der Waals surface area contributed by atoms with Crippen LogP contribution in [0.25, 0.3) is 0 Å². The van der Waals surface area contributed by atoms with Gasteiger partial charge in [-0.25, -0.2) is 0 Å². The molecule has 1 aromatic carbocycles. The smallest absolute Gasteiger partial charge is 0.238 e. The minimum atomic E-state index is 0. The van der Waals surface area contributed by atoms with Gasteiger partial charge in [0.1, 0.15) is 0 Å². The third-order valence-corrected chi connectivity index (χ3v) is 5.93. The molecule has 1 aromatic rings. The predicted octanol–water partition coefficient (Wildman–Crippen LogP) is 3.55. The van der Waals surface area contributed by atoms with Crippen LogP contribution in [-0.2, 0) is 4.79 Å². The van der Waals surface area contributed by atoms with E-state index < -0.39 is 0 Å². The molecule has 1 heterocycles. The Morgan fingerprint density at radius 1 is 1.47 bits per heavy atom. The zero-order valence-corrected chi connectivity index (χ0v) is 14.5. The van der Waals surface area contributed by atoms with E-state index in [0.29, 0.717) is 11.4 Å². The summed E-state index contributed by atoms with van der Waals surface area (Å²) >= 11 is 6.97. The van der Waals surface area contributed by atoms with E-state index in [4.69, 9.17) is 5.73 Å². The topological polar surface area (TPSA) is 55.1 Å². The first-order chi connectivity index (χ1) is 8.58. The molecule has 1 amide bonds. The molecule has 0 saturated carbocycles. The molecule has 3 nitrogen and oxygen atoms in total. The molecular formula is C12H16BrClN2OS2. The van der Waals surface area contributed by atoms with E-state index in [0.717, 1.165) is 27.3 Å². The average molecular weight is 384 g/mol. The number of aryl methyl sites for hydroxylation is 1. The standard InChI is InChI=1S/C12H15BrN2OS2.ClH/c1-7-4-8(13)5-9(11(7)14)15-12(16)10-6-17-2-3-18-10;/h4-5,10H,2-3,6,14H2,1H3,(H,15,16);1H. The lowest BCUT2D eigenvalue weighted by Gasteiger charge is -2.21. The highest BCUT2D eigenvalue weighted by Crippen LogP contribution is 2.30. The number of halogens is 2. The molecule has 2 rings (SSSR count). The molecular weight excluding hydrogens is 368 g/mol. The highest BCUT2D eigenvalue weighted by Gasteiger charge is 2.22. The molecule has 1 unspecified atom stereocenters. The van der Waals surface area contributed by atoms with E-state index in [1.54, 1.807) is 11.8 Å². The van der Waals surface area contributed by atoms with Crippen LogP contribution in [0.4, 0.5) is 11.4 Å². The lowest BCUT2D eigenvalue weighted by molar-refractivity contribution is -0.115. The van der Waals surface area contributed by atoms with Crippen LogP contribution >= 0.6 is 51.9 Å². The van der Waals surface area contributed by atoms with Gasteiger partial charge in [0.15, 0.2) is 0 Å². The number of carbonyl (C=O) groups excluding carboxylic acids is 1. The van der Waals surface area contributed by atoms with E-state index in [1.807, 2.05) is 30.8 Å². The number of anilines is 2. The number of nitrogen functional groups attached to an aromatic ring is 1. The molecule has 7 heteroatoms. The molecule has 0 aliphatic carbocycles. The van der Waals surface area contributed by atoms with Gasteiger partial charge in [-0.1, -0.05) is 15.9 Å². The molecule has 1 aliphatic rings. The van der Waals surface area contributed by atoms with Crippen molar-refractivity contribution in [3.8, 4) is 0 Å². The molecule has 0 aromatic heterocycles. The Morgan fingerprint density at radius 3 is 2.84 bits per heavy atom. The summed E-state index contributed by atoms with van der Waals surface area (Å²) in [7, 11) is 0. The molecule has 0 bridgehead atoms. The lowest BCUT2D eigenvalue weighted by atomic mass is 10.1. The van der Waals surface area contributed by atoms with Crippen molar-refractivity contribution in [3.05, 3.63) is 22.2 Å². The van der Waals surface area contributed by atoms with E-state index >= 15 is 0 Å². The first-order valence-electron chi connectivity index (χ1n) is 5.64. The van der Waals surface area contributed by atoms with Crippen LogP contribution in [-0.4, -0.2) is 28.4 Å². The third kappa shape index (κ3) is 4.48. The van der Waals surface area contributed by atoms with Crippen molar-refractivity contribution in [1.82, 2.24) is 0 Å². The maximum Gasteiger partial charge on any atom is 0.238 e. The minimum absolute atomic E-state index is 0. The summed E-state index contributed by atoms with van der Waals surface area (Å²) in [6, 6.07) is 3.79. The Kier molecular flexibility index (Phi) is 6.86. The number of amides is 1. The Bertz CT molecular complexity index is 467. The van der Waals surface area contributed by atoms with Crippen molar-refractivity contribution in [3.63, 3.8) is 0 Å². The van der Waals surface area contributed by atoms with Gasteiger partial charge in [0.25, 0.3) is 0 Å². The lowest BCUT2D eigenvalue weighted by Crippen LogP contribution is -2.30. The summed E-state index contributed by atoms with van der Waals surface area (Å²) in [5.74, 6) is 3.10. The van der Waals surface area contributed by atoms with Crippen LogP contribution in [0, 0.1) is 6.92 Å². The van der Waals surface area contributed by atoms with Gasteiger partial charge in [-0.05, 0) is 24.6 Å². The highest BCUT2D eigenvalue weighted by molar-refractivity contribution is 9.10.